The second-order valence-corrected chi connectivity index (χ2v) is 7.84. The Balaban J connectivity index is 1.92. The molecule has 2 aromatic carbocycles. The largest absolute Gasteiger partial charge is 0.342 e. The zero-order chi connectivity index (χ0) is 19.9. The quantitative estimate of drug-likeness (QED) is 0.789. The van der Waals surface area contributed by atoms with Gasteiger partial charge in [0, 0.05) is 32.1 Å². The summed E-state index contributed by atoms with van der Waals surface area (Å²) >= 11 is 0. The second-order valence-electron chi connectivity index (χ2n) is 7.84. The monoisotopic (exact) mass is 366 g/mol. The number of rotatable bonds is 7. The Morgan fingerprint density at radius 1 is 0.926 bits per heavy atom. The Labute approximate surface area is 162 Å². The first-order valence-electron chi connectivity index (χ1n) is 9.46. The molecule has 2 aromatic rings. The van der Waals surface area contributed by atoms with Crippen molar-refractivity contribution in [3.63, 3.8) is 0 Å². The van der Waals surface area contributed by atoms with Crippen LogP contribution in [0.15, 0.2) is 54.6 Å². The fourth-order valence-corrected chi connectivity index (χ4v) is 3.03. The van der Waals surface area contributed by atoms with Crippen LogP contribution in [0.2, 0.25) is 0 Å². The third kappa shape index (κ3) is 6.55. The summed E-state index contributed by atoms with van der Waals surface area (Å²) in [6.07, 6.45) is 1.07. The van der Waals surface area contributed by atoms with Crippen LogP contribution in [0, 0.1) is 0 Å². The molecule has 0 bridgehead atoms. The van der Waals surface area contributed by atoms with Gasteiger partial charge in [-0.15, -0.1) is 0 Å². The second kappa shape index (κ2) is 9.36. The number of hydrogen-bond acceptors (Lipinski definition) is 2. The van der Waals surface area contributed by atoms with Crippen molar-refractivity contribution in [1.82, 2.24) is 4.90 Å². The van der Waals surface area contributed by atoms with Crippen molar-refractivity contribution in [2.45, 2.75) is 46.0 Å². The van der Waals surface area contributed by atoms with Crippen LogP contribution in [0.25, 0.3) is 0 Å². The SMILES string of the molecule is CC(=O)N(CCC(=O)Nc1ccccc1C(C)(C)C)CCc1ccccc1. The van der Waals surface area contributed by atoms with Crippen LogP contribution in [0.4, 0.5) is 5.69 Å². The maximum atomic E-state index is 12.4. The third-order valence-electron chi connectivity index (χ3n) is 4.58. The van der Waals surface area contributed by atoms with Crippen LogP contribution in [0.3, 0.4) is 0 Å². The Kier molecular flexibility index (Phi) is 7.17. The summed E-state index contributed by atoms with van der Waals surface area (Å²) in [6.45, 7) is 8.96. The Morgan fingerprint density at radius 3 is 2.19 bits per heavy atom. The lowest BCUT2D eigenvalue weighted by Crippen LogP contribution is -2.34. The number of nitrogens with zero attached hydrogens (tertiary/aromatic N) is 1. The summed E-state index contributed by atoms with van der Waals surface area (Å²) in [4.78, 5) is 26.1. The van der Waals surface area contributed by atoms with Crippen LogP contribution in [-0.2, 0) is 21.4 Å². The maximum Gasteiger partial charge on any atom is 0.226 e. The normalized spacial score (nSPS) is 11.1. The van der Waals surface area contributed by atoms with Gasteiger partial charge < -0.3 is 10.2 Å². The molecule has 0 saturated heterocycles. The summed E-state index contributed by atoms with van der Waals surface area (Å²) < 4.78 is 0. The highest BCUT2D eigenvalue weighted by atomic mass is 16.2. The van der Waals surface area contributed by atoms with Gasteiger partial charge in [-0.1, -0.05) is 69.3 Å². The maximum absolute atomic E-state index is 12.4. The molecule has 0 aliphatic heterocycles. The van der Waals surface area contributed by atoms with Gasteiger partial charge in [-0.2, -0.15) is 0 Å². The van der Waals surface area contributed by atoms with E-state index < -0.39 is 0 Å². The molecule has 4 nitrogen and oxygen atoms in total. The molecule has 0 saturated carbocycles. The lowest BCUT2D eigenvalue weighted by molar-refractivity contribution is -0.129. The van der Waals surface area contributed by atoms with Crippen molar-refractivity contribution >= 4 is 17.5 Å². The number of benzene rings is 2. The van der Waals surface area contributed by atoms with E-state index in [-0.39, 0.29) is 23.7 Å². The van der Waals surface area contributed by atoms with E-state index in [0.717, 1.165) is 17.7 Å². The number of carbonyl (C=O) groups is 2. The van der Waals surface area contributed by atoms with E-state index in [9.17, 15) is 9.59 Å². The van der Waals surface area contributed by atoms with Gasteiger partial charge >= 0.3 is 0 Å². The highest BCUT2D eigenvalue weighted by molar-refractivity contribution is 5.92. The summed E-state index contributed by atoms with van der Waals surface area (Å²) in [5, 5.41) is 3.01. The van der Waals surface area contributed by atoms with E-state index in [4.69, 9.17) is 0 Å². The number of anilines is 1. The first kappa shape index (κ1) is 20.7. The number of nitrogens with one attached hydrogen (secondary N) is 1. The van der Waals surface area contributed by atoms with Crippen molar-refractivity contribution in [3.8, 4) is 0 Å². The minimum absolute atomic E-state index is 0.00572. The summed E-state index contributed by atoms with van der Waals surface area (Å²) in [5.41, 5.74) is 3.08. The van der Waals surface area contributed by atoms with Gasteiger partial charge in [-0.25, -0.2) is 0 Å². The van der Waals surface area contributed by atoms with Crippen LogP contribution < -0.4 is 5.32 Å². The molecular formula is C23H30N2O2. The Morgan fingerprint density at radius 2 is 1.56 bits per heavy atom. The van der Waals surface area contributed by atoms with Gasteiger partial charge in [0.2, 0.25) is 11.8 Å². The zero-order valence-electron chi connectivity index (χ0n) is 16.8. The molecule has 0 fully saturated rings. The standard InChI is InChI=1S/C23H30N2O2/c1-18(26)25(16-14-19-10-6-5-7-11-19)17-15-22(27)24-21-13-9-8-12-20(21)23(2,3)4/h5-13H,14-17H2,1-4H3,(H,24,27). The average molecular weight is 367 g/mol. The molecule has 1 N–H and O–H groups in total. The molecule has 0 aliphatic carbocycles. The van der Waals surface area contributed by atoms with E-state index in [2.05, 4.69) is 38.2 Å². The number of carbonyl (C=O) groups excluding carboxylic acids is 2. The molecule has 0 heterocycles. The summed E-state index contributed by atoms with van der Waals surface area (Å²) in [6, 6.07) is 17.9. The van der Waals surface area contributed by atoms with E-state index >= 15 is 0 Å². The van der Waals surface area contributed by atoms with Crippen molar-refractivity contribution < 1.29 is 9.59 Å². The van der Waals surface area contributed by atoms with Gasteiger partial charge in [-0.05, 0) is 29.0 Å². The van der Waals surface area contributed by atoms with Gasteiger partial charge in [0.1, 0.15) is 0 Å². The smallest absolute Gasteiger partial charge is 0.226 e. The topological polar surface area (TPSA) is 49.4 Å². The predicted molar refractivity (Wildman–Crippen MR) is 111 cm³/mol. The molecule has 0 aromatic heterocycles. The van der Waals surface area contributed by atoms with Gasteiger partial charge in [0.25, 0.3) is 0 Å². The molecule has 0 spiro atoms. The molecule has 0 atom stereocenters. The van der Waals surface area contributed by atoms with Crippen molar-refractivity contribution in [3.05, 3.63) is 65.7 Å². The van der Waals surface area contributed by atoms with Gasteiger partial charge in [0.05, 0.1) is 0 Å². The van der Waals surface area contributed by atoms with Crippen LogP contribution in [-0.4, -0.2) is 29.8 Å². The van der Waals surface area contributed by atoms with Crippen molar-refractivity contribution in [1.29, 1.82) is 0 Å². The average Bonchev–Trinajstić information content (AvgIpc) is 2.61. The van der Waals surface area contributed by atoms with Crippen LogP contribution in [0.5, 0.6) is 0 Å². The zero-order valence-corrected chi connectivity index (χ0v) is 16.8. The summed E-state index contributed by atoms with van der Waals surface area (Å²) in [5.74, 6) is -0.0773. The number of hydrogen-bond donors (Lipinski definition) is 1. The molecule has 27 heavy (non-hydrogen) atoms. The van der Waals surface area contributed by atoms with E-state index in [1.165, 1.54) is 5.56 Å². The molecule has 0 aliphatic rings. The predicted octanol–water partition coefficient (Wildman–Crippen LogP) is 4.40. The van der Waals surface area contributed by atoms with E-state index in [1.54, 1.807) is 11.8 Å². The summed E-state index contributed by atoms with van der Waals surface area (Å²) in [7, 11) is 0. The fraction of sp³-hybridized carbons (Fsp3) is 0.391. The molecule has 4 heteroatoms. The fourth-order valence-electron chi connectivity index (χ4n) is 3.03. The lowest BCUT2D eigenvalue weighted by atomic mass is 9.86. The first-order chi connectivity index (χ1) is 12.8. The lowest BCUT2D eigenvalue weighted by Gasteiger charge is -2.24. The van der Waals surface area contributed by atoms with Crippen molar-refractivity contribution in [2.75, 3.05) is 18.4 Å². The number of para-hydroxylation sites is 1. The molecule has 2 rings (SSSR count). The van der Waals surface area contributed by atoms with E-state index in [0.29, 0.717) is 13.1 Å². The molecule has 144 valence electrons. The van der Waals surface area contributed by atoms with Crippen LogP contribution in [0.1, 0.15) is 45.2 Å². The van der Waals surface area contributed by atoms with Crippen LogP contribution >= 0.6 is 0 Å². The number of amides is 2. The highest BCUT2D eigenvalue weighted by Crippen LogP contribution is 2.29. The highest BCUT2D eigenvalue weighted by Gasteiger charge is 2.19. The minimum atomic E-state index is -0.0716. The van der Waals surface area contributed by atoms with Gasteiger partial charge in [-0.3, -0.25) is 9.59 Å². The molecule has 0 radical (unpaired) electrons. The third-order valence-corrected chi connectivity index (χ3v) is 4.58. The molecule has 2 amide bonds. The van der Waals surface area contributed by atoms with Crippen molar-refractivity contribution in [2.24, 2.45) is 0 Å². The minimum Gasteiger partial charge on any atom is -0.342 e. The molecule has 0 unspecified atom stereocenters. The Hall–Kier alpha value is -2.62. The van der Waals surface area contributed by atoms with E-state index in [1.807, 2.05) is 42.5 Å². The first-order valence-corrected chi connectivity index (χ1v) is 9.46. The Bertz CT molecular complexity index is 763. The van der Waals surface area contributed by atoms with Gasteiger partial charge in [0.15, 0.2) is 0 Å². The molecular weight excluding hydrogens is 336 g/mol.